The van der Waals surface area contributed by atoms with Gasteiger partial charge in [0.1, 0.15) is 16.8 Å². The van der Waals surface area contributed by atoms with E-state index in [2.05, 4.69) is 102 Å². The molecule has 6 aliphatic heterocycles. The second-order valence-corrected chi connectivity index (χ2v) is 25.0. The third kappa shape index (κ3) is 18.9. The van der Waals surface area contributed by atoms with Gasteiger partial charge in [0.15, 0.2) is 0 Å². The summed E-state index contributed by atoms with van der Waals surface area (Å²) in [5, 5.41) is 31.6. The highest BCUT2D eigenvalue weighted by Crippen LogP contribution is 2.25. The molecule has 6 heterocycles. The van der Waals surface area contributed by atoms with Crippen LogP contribution in [0.25, 0.3) is 0 Å². The van der Waals surface area contributed by atoms with Crippen molar-refractivity contribution in [1.82, 2.24) is 44.1 Å². The summed E-state index contributed by atoms with van der Waals surface area (Å²) in [5.41, 5.74) is 2.43. The van der Waals surface area contributed by atoms with Gasteiger partial charge in [0.2, 0.25) is 0 Å². The van der Waals surface area contributed by atoms with Crippen LogP contribution in [0.4, 0.5) is 14.4 Å². The molecular formula is C60H93N9O9. The average Bonchev–Trinajstić information content (AvgIpc) is 4.13. The van der Waals surface area contributed by atoms with Crippen LogP contribution in [-0.2, 0) is 33.8 Å². The van der Waals surface area contributed by atoms with Crippen molar-refractivity contribution in [1.29, 1.82) is 0 Å². The molecule has 6 fully saturated rings. The molecule has 0 aliphatic carbocycles. The van der Waals surface area contributed by atoms with Crippen molar-refractivity contribution >= 4 is 18.3 Å². The van der Waals surface area contributed by atoms with E-state index >= 15 is 0 Å². The van der Waals surface area contributed by atoms with Gasteiger partial charge in [-0.2, -0.15) is 0 Å². The molecule has 0 spiro atoms. The van der Waals surface area contributed by atoms with Gasteiger partial charge in [-0.3, -0.25) is 29.4 Å². The lowest BCUT2D eigenvalue weighted by molar-refractivity contribution is 0.00233. The molecule has 3 N–H and O–H groups in total. The minimum absolute atomic E-state index is 0.138. The van der Waals surface area contributed by atoms with Crippen LogP contribution in [0.3, 0.4) is 0 Å². The lowest BCUT2D eigenvalue weighted by Gasteiger charge is -2.39. The van der Waals surface area contributed by atoms with E-state index in [9.17, 15) is 29.7 Å². The van der Waals surface area contributed by atoms with E-state index in [0.29, 0.717) is 58.9 Å². The van der Waals surface area contributed by atoms with Crippen molar-refractivity contribution in [2.24, 2.45) is 0 Å². The summed E-state index contributed by atoms with van der Waals surface area (Å²) in [6.45, 7) is 32.8. The fraction of sp³-hybridized carbons (Fsp3) is 0.650. The van der Waals surface area contributed by atoms with Gasteiger partial charge < -0.3 is 44.2 Å². The number of piperazine rings is 3. The fourth-order valence-electron chi connectivity index (χ4n) is 11.2. The summed E-state index contributed by atoms with van der Waals surface area (Å²) in [5.74, 6) is 0. The van der Waals surface area contributed by atoms with Crippen molar-refractivity contribution in [3.8, 4) is 0 Å². The Morgan fingerprint density at radius 2 is 0.590 bits per heavy atom. The number of carbonyl (C=O) groups is 3. The number of ether oxygens (including phenoxy) is 3. The quantitative estimate of drug-likeness (QED) is 0.235. The first-order valence-corrected chi connectivity index (χ1v) is 28.4. The Balaban J connectivity index is 0.000000170. The van der Waals surface area contributed by atoms with E-state index in [1.54, 1.807) is 14.7 Å². The molecule has 6 aliphatic rings. The van der Waals surface area contributed by atoms with E-state index in [0.717, 1.165) is 78.5 Å². The number of aliphatic hydroxyl groups excluding tert-OH is 3. The third-order valence-corrected chi connectivity index (χ3v) is 15.1. The topological polar surface area (TPSA) is 169 Å². The van der Waals surface area contributed by atoms with E-state index in [-0.39, 0.29) is 54.7 Å². The van der Waals surface area contributed by atoms with Gasteiger partial charge in [-0.15, -0.1) is 0 Å². The van der Waals surface area contributed by atoms with Gasteiger partial charge in [-0.05, 0) is 79.0 Å². The summed E-state index contributed by atoms with van der Waals surface area (Å²) in [4.78, 5) is 55.8. The Labute approximate surface area is 465 Å². The summed E-state index contributed by atoms with van der Waals surface area (Å²) < 4.78 is 16.4. The van der Waals surface area contributed by atoms with Crippen LogP contribution in [0, 0.1) is 0 Å². The van der Waals surface area contributed by atoms with Crippen LogP contribution in [0.2, 0.25) is 0 Å². The minimum Gasteiger partial charge on any atom is -0.444 e. The number of hydrogen-bond acceptors (Lipinski definition) is 15. The molecule has 0 bridgehead atoms. The second-order valence-electron chi connectivity index (χ2n) is 25.0. The van der Waals surface area contributed by atoms with E-state index in [1.807, 2.05) is 80.5 Å². The zero-order chi connectivity index (χ0) is 56.2. The maximum absolute atomic E-state index is 12.2. The summed E-state index contributed by atoms with van der Waals surface area (Å²) in [7, 11) is 0. The lowest BCUT2D eigenvalue weighted by Crippen LogP contribution is -2.55. The molecule has 0 saturated carbocycles. The molecule has 18 heteroatoms. The monoisotopic (exact) mass is 1080 g/mol. The molecule has 0 radical (unpaired) electrons. The average molecular weight is 1080 g/mol. The Bertz CT molecular complexity index is 2040. The molecule has 3 amide bonds. The van der Waals surface area contributed by atoms with Gasteiger partial charge in [0.05, 0.1) is 18.3 Å². The van der Waals surface area contributed by atoms with Crippen LogP contribution in [0.1, 0.15) is 79.0 Å². The zero-order valence-electron chi connectivity index (χ0n) is 48.3. The third-order valence-electron chi connectivity index (χ3n) is 15.1. The smallest absolute Gasteiger partial charge is 0.410 e. The first kappa shape index (κ1) is 60.7. The molecule has 9 rings (SSSR count). The maximum Gasteiger partial charge on any atom is 0.410 e. The van der Waals surface area contributed by atoms with Gasteiger partial charge in [0.25, 0.3) is 0 Å². The fourth-order valence-corrected chi connectivity index (χ4v) is 11.2. The van der Waals surface area contributed by atoms with Crippen LogP contribution < -0.4 is 0 Å². The Morgan fingerprint density at radius 3 is 0.795 bits per heavy atom. The first-order valence-electron chi connectivity index (χ1n) is 28.4. The van der Waals surface area contributed by atoms with Gasteiger partial charge in [-0.1, -0.05) is 91.0 Å². The molecule has 6 atom stereocenters. The normalized spacial score (nSPS) is 25.5. The predicted octanol–water partition coefficient (Wildman–Crippen LogP) is 5.35. The summed E-state index contributed by atoms with van der Waals surface area (Å²) in [6.07, 6.45) is -1.75. The number of amides is 3. The lowest BCUT2D eigenvalue weighted by atomic mass is 10.1. The van der Waals surface area contributed by atoms with Crippen molar-refractivity contribution in [3.63, 3.8) is 0 Å². The number of carbonyl (C=O) groups excluding carboxylic acids is 3. The standard InChI is InChI=1S/3C20H31N3O3/c3*1-20(2,3)26-19(25)23-11-9-22(10-12-23)17-14-21(15-18(17)24)13-16-7-5-4-6-8-16/h3*4-8,17-18,24H,9-15H2,1-3H3/t2*17?,18-;/m10./s1. The van der Waals surface area contributed by atoms with Crippen LogP contribution >= 0.6 is 0 Å². The van der Waals surface area contributed by atoms with Gasteiger partial charge in [0, 0.05) is 156 Å². The van der Waals surface area contributed by atoms with Gasteiger partial charge >= 0.3 is 18.3 Å². The summed E-state index contributed by atoms with van der Waals surface area (Å²) in [6, 6.07) is 31.5. The number of β-amino-alcohol motifs (C(OH)–C–C–N with tert-alkyl or cyclic N) is 3. The van der Waals surface area contributed by atoms with Crippen LogP contribution in [0.5, 0.6) is 0 Å². The Hall–Kier alpha value is -4.89. The van der Waals surface area contributed by atoms with Crippen molar-refractivity contribution < 1.29 is 43.9 Å². The minimum atomic E-state index is -0.464. The molecule has 78 heavy (non-hydrogen) atoms. The Kier molecular flexibility index (Phi) is 21.4. The van der Waals surface area contributed by atoms with Crippen LogP contribution in [-0.4, -0.2) is 249 Å². The number of nitrogens with zero attached hydrogens (tertiary/aromatic N) is 9. The SMILES string of the molecule is CC(C)(C)OC(=O)N1CCN(C2CN(Cc3ccccc3)CC2O)CC1.CC(C)(C)OC(=O)N1CCN(C2CN(Cc3ccccc3)C[C@@H]2O)CC1.CC(C)(C)OC(=O)N1CCN(C2CN(Cc3ccccc3)C[C@H]2O)CC1. The number of benzene rings is 3. The van der Waals surface area contributed by atoms with Crippen molar-refractivity contribution in [2.45, 2.75) is 135 Å². The highest BCUT2D eigenvalue weighted by Gasteiger charge is 2.41. The highest BCUT2D eigenvalue weighted by molar-refractivity contribution is 5.69. The Morgan fingerprint density at radius 1 is 0.372 bits per heavy atom. The van der Waals surface area contributed by atoms with Crippen molar-refractivity contribution in [2.75, 3.05) is 118 Å². The number of hydrogen-bond donors (Lipinski definition) is 3. The van der Waals surface area contributed by atoms with Crippen molar-refractivity contribution in [3.05, 3.63) is 108 Å². The molecule has 432 valence electrons. The van der Waals surface area contributed by atoms with E-state index in [4.69, 9.17) is 14.2 Å². The molecule has 0 aromatic heterocycles. The molecular weight excluding hydrogens is 991 g/mol. The first-order chi connectivity index (χ1) is 36.9. The molecule has 3 aromatic rings. The number of aliphatic hydroxyl groups is 3. The maximum atomic E-state index is 12.2. The molecule has 6 saturated heterocycles. The number of likely N-dealkylation sites (tertiary alicyclic amines) is 3. The zero-order valence-corrected chi connectivity index (χ0v) is 48.3. The predicted molar refractivity (Wildman–Crippen MR) is 303 cm³/mol. The summed E-state index contributed by atoms with van der Waals surface area (Å²) >= 11 is 0. The molecule has 3 aromatic carbocycles. The second kappa shape index (κ2) is 27.5. The molecule has 18 nitrogen and oxygen atoms in total. The largest absolute Gasteiger partial charge is 0.444 e. The van der Waals surface area contributed by atoms with Gasteiger partial charge in [-0.25, -0.2) is 14.4 Å². The highest BCUT2D eigenvalue weighted by atomic mass is 16.6. The number of rotatable bonds is 9. The molecule has 4 unspecified atom stereocenters. The van der Waals surface area contributed by atoms with E-state index in [1.165, 1.54) is 16.7 Å². The van der Waals surface area contributed by atoms with E-state index < -0.39 is 16.8 Å². The van der Waals surface area contributed by atoms with Crippen LogP contribution in [0.15, 0.2) is 91.0 Å².